The van der Waals surface area contributed by atoms with Gasteiger partial charge in [-0.25, -0.2) is 0 Å². The maximum atomic E-state index is 9.11. The van der Waals surface area contributed by atoms with Crippen LogP contribution in [0.3, 0.4) is 0 Å². The predicted octanol–water partition coefficient (Wildman–Crippen LogP) is 0.00940. The topological polar surface area (TPSA) is 84.9 Å². The lowest BCUT2D eigenvalue weighted by Crippen LogP contribution is -2.21. The fraction of sp³-hybridized carbons (Fsp3) is 0.400. The highest BCUT2D eigenvalue weighted by atomic mass is 16.5. The Morgan fingerprint density at radius 1 is 1.40 bits per heavy atom. The van der Waals surface area contributed by atoms with Gasteiger partial charge >= 0.3 is 0 Å². The molecule has 0 aliphatic rings. The lowest BCUT2D eigenvalue weighted by atomic mass is 10.3. The van der Waals surface area contributed by atoms with Crippen LogP contribution in [0.15, 0.2) is 18.2 Å². The summed E-state index contributed by atoms with van der Waals surface area (Å²) < 4.78 is 10.3. The number of methoxy groups -OCH3 is 1. The summed E-state index contributed by atoms with van der Waals surface area (Å²) >= 11 is 0. The van der Waals surface area contributed by atoms with Crippen molar-refractivity contribution < 1.29 is 19.7 Å². The summed E-state index contributed by atoms with van der Waals surface area (Å²) in [5, 5.41) is 17.7. The van der Waals surface area contributed by atoms with Crippen molar-refractivity contribution >= 4 is 5.69 Å². The quantitative estimate of drug-likeness (QED) is 0.600. The summed E-state index contributed by atoms with van der Waals surface area (Å²) in [4.78, 5) is 0. The van der Waals surface area contributed by atoms with Gasteiger partial charge in [0, 0.05) is 11.8 Å². The first kappa shape index (κ1) is 11.6. The number of nitrogens with two attached hydrogens (primary N) is 1. The van der Waals surface area contributed by atoms with Crippen LogP contribution >= 0.6 is 0 Å². The van der Waals surface area contributed by atoms with E-state index in [1.54, 1.807) is 18.2 Å². The van der Waals surface area contributed by atoms with Crippen molar-refractivity contribution in [2.75, 3.05) is 26.1 Å². The molecule has 1 unspecified atom stereocenters. The lowest BCUT2D eigenvalue weighted by Gasteiger charge is -2.13. The summed E-state index contributed by atoms with van der Waals surface area (Å²) in [5.41, 5.74) is 6.12. The highest BCUT2D eigenvalue weighted by Gasteiger charge is 2.07. The second-order valence-electron chi connectivity index (χ2n) is 3.06. The third kappa shape index (κ3) is 3.30. The van der Waals surface area contributed by atoms with Crippen molar-refractivity contribution in [1.29, 1.82) is 0 Å². The van der Waals surface area contributed by atoms with Crippen LogP contribution < -0.4 is 15.2 Å². The number of aliphatic hydroxyl groups excluding tert-OH is 2. The van der Waals surface area contributed by atoms with Gasteiger partial charge in [0.1, 0.15) is 12.7 Å². The minimum Gasteiger partial charge on any atom is -0.493 e. The minimum atomic E-state index is -0.906. The zero-order valence-corrected chi connectivity index (χ0v) is 8.51. The molecule has 0 aliphatic heterocycles. The standard InChI is InChI=1S/C10H15NO4/c1-14-9-3-2-7(11)4-10(9)15-6-8(13)5-12/h2-4,8,12-13H,5-6,11H2,1H3. The molecule has 5 heteroatoms. The average Bonchev–Trinajstić information content (AvgIpc) is 2.26. The van der Waals surface area contributed by atoms with Crippen LogP contribution in [0.25, 0.3) is 0 Å². The first-order valence-electron chi connectivity index (χ1n) is 4.52. The fourth-order valence-corrected chi connectivity index (χ4v) is 1.04. The van der Waals surface area contributed by atoms with Gasteiger partial charge in [0.2, 0.25) is 0 Å². The van der Waals surface area contributed by atoms with E-state index in [2.05, 4.69) is 0 Å². The zero-order chi connectivity index (χ0) is 11.3. The molecule has 15 heavy (non-hydrogen) atoms. The van der Waals surface area contributed by atoms with Crippen LogP contribution in [0.1, 0.15) is 0 Å². The molecule has 5 nitrogen and oxygen atoms in total. The van der Waals surface area contributed by atoms with Gasteiger partial charge in [-0.3, -0.25) is 0 Å². The molecule has 0 fully saturated rings. The van der Waals surface area contributed by atoms with E-state index >= 15 is 0 Å². The van der Waals surface area contributed by atoms with Gasteiger partial charge in [-0.1, -0.05) is 0 Å². The van der Waals surface area contributed by atoms with E-state index in [0.29, 0.717) is 17.2 Å². The summed E-state index contributed by atoms with van der Waals surface area (Å²) in [5.74, 6) is 0.985. The lowest BCUT2D eigenvalue weighted by molar-refractivity contribution is 0.0527. The molecule has 0 aliphatic carbocycles. The molecule has 0 heterocycles. The fourth-order valence-electron chi connectivity index (χ4n) is 1.04. The second-order valence-corrected chi connectivity index (χ2v) is 3.06. The van der Waals surface area contributed by atoms with Crippen LogP contribution in [0.2, 0.25) is 0 Å². The molecular formula is C10H15NO4. The van der Waals surface area contributed by atoms with Crippen LogP contribution in [0, 0.1) is 0 Å². The van der Waals surface area contributed by atoms with Gasteiger partial charge in [0.25, 0.3) is 0 Å². The molecule has 1 atom stereocenters. The summed E-state index contributed by atoms with van der Waals surface area (Å²) in [6, 6.07) is 4.97. The van der Waals surface area contributed by atoms with E-state index in [1.165, 1.54) is 7.11 Å². The Morgan fingerprint density at radius 2 is 2.13 bits per heavy atom. The number of anilines is 1. The SMILES string of the molecule is COc1ccc(N)cc1OCC(O)CO. The number of aliphatic hydroxyl groups is 2. The van der Waals surface area contributed by atoms with Gasteiger partial charge in [-0.05, 0) is 12.1 Å². The molecule has 0 bridgehead atoms. The van der Waals surface area contributed by atoms with Crippen LogP contribution in [-0.4, -0.2) is 36.6 Å². The highest BCUT2D eigenvalue weighted by Crippen LogP contribution is 2.28. The number of hydrogen-bond acceptors (Lipinski definition) is 5. The van der Waals surface area contributed by atoms with Gasteiger partial charge in [-0.2, -0.15) is 0 Å². The predicted molar refractivity (Wildman–Crippen MR) is 56.0 cm³/mol. The minimum absolute atomic E-state index is 0.00366. The molecule has 4 N–H and O–H groups in total. The summed E-state index contributed by atoms with van der Waals surface area (Å²) in [7, 11) is 1.51. The van der Waals surface area contributed by atoms with Crippen molar-refractivity contribution in [3.63, 3.8) is 0 Å². The number of ether oxygens (including phenoxy) is 2. The second kappa shape index (κ2) is 5.43. The Bertz CT molecular complexity index is 316. The third-order valence-electron chi connectivity index (χ3n) is 1.83. The van der Waals surface area contributed by atoms with E-state index in [-0.39, 0.29) is 13.2 Å². The number of rotatable bonds is 5. The Balaban J connectivity index is 2.69. The van der Waals surface area contributed by atoms with Crippen LogP contribution in [0.5, 0.6) is 11.5 Å². The first-order valence-corrected chi connectivity index (χ1v) is 4.52. The van der Waals surface area contributed by atoms with E-state index in [4.69, 9.17) is 25.4 Å². The monoisotopic (exact) mass is 213 g/mol. The summed E-state index contributed by atoms with van der Waals surface area (Å²) in [6.45, 7) is -0.346. The molecule has 0 saturated carbocycles. The number of benzene rings is 1. The zero-order valence-electron chi connectivity index (χ0n) is 8.51. The van der Waals surface area contributed by atoms with Crippen LogP contribution in [0.4, 0.5) is 5.69 Å². The molecule has 0 radical (unpaired) electrons. The Labute approximate surface area is 88.0 Å². The van der Waals surface area contributed by atoms with E-state index < -0.39 is 6.10 Å². The number of hydrogen-bond donors (Lipinski definition) is 3. The molecule has 1 rings (SSSR count). The normalized spacial score (nSPS) is 12.2. The third-order valence-corrected chi connectivity index (χ3v) is 1.83. The van der Waals surface area contributed by atoms with Gasteiger partial charge < -0.3 is 25.4 Å². The van der Waals surface area contributed by atoms with Crippen molar-refractivity contribution in [1.82, 2.24) is 0 Å². The molecule has 0 saturated heterocycles. The van der Waals surface area contributed by atoms with Crippen molar-refractivity contribution in [2.45, 2.75) is 6.10 Å². The van der Waals surface area contributed by atoms with E-state index in [9.17, 15) is 0 Å². The smallest absolute Gasteiger partial charge is 0.163 e. The van der Waals surface area contributed by atoms with Crippen LogP contribution in [-0.2, 0) is 0 Å². The highest BCUT2D eigenvalue weighted by molar-refractivity contribution is 5.51. The average molecular weight is 213 g/mol. The Hall–Kier alpha value is -1.46. The first-order chi connectivity index (χ1) is 7.17. The van der Waals surface area contributed by atoms with Crippen molar-refractivity contribution in [2.24, 2.45) is 0 Å². The Kier molecular flexibility index (Phi) is 4.20. The van der Waals surface area contributed by atoms with Crippen molar-refractivity contribution in [3.8, 4) is 11.5 Å². The summed E-state index contributed by atoms with van der Waals surface area (Å²) in [6.07, 6.45) is -0.906. The molecule has 0 aromatic heterocycles. The molecular weight excluding hydrogens is 198 g/mol. The maximum absolute atomic E-state index is 9.11. The van der Waals surface area contributed by atoms with E-state index in [0.717, 1.165) is 0 Å². The molecule has 1 aromatic carbocycles. The van der Waals surface area contributed by atoms with Gasteiger partial charge in [0.15, 0.2) is 11.5 Å². The van der Waals surface area contributed by atoms with Gasteiger partial charge in [0.05, 0.1) is 13.7 Å². The largest absolute Gasteiger partial charge is 0.493 e. The van der Waals surface area contributed by atoms with Crippen molar-refractivity contribution in [3.05, 3.63) is 18.2 Å². The maximum Gasteiger partial charge on any atom is 0.163 e. The molecule has 0 amide bonds. The van der Waals surface area contributed by atoms with E-state index in [1.807, 2.05) is 0 Å². The molecule has 84 valence electrons. The van der Waals surface area contributed by atoms with Gasteiger partial charge in [-0.15, -0.1) is 0 Å². The Morgan fingerprint density at radius 3 is 2.73 bits per heavy atom. The number of nitrogen functional groups attached to an aromatic ring is 1. The molecule has 1 aromatic rings. The molecule has 0 spiro atoms.